The summed E-state index contributed by atoms with van der Waals surface area (Å²) in [5.74, 6) is -0.328. The normalized spacial score (nSPS) is 18.0. The largest absolute Gasteiger partial charge is 0.338 e. The SMILES string of the molecule is CN(C(=O)c1ccc(Cl)cc1[N+](=O)[O-])C1CCCNCC1.Cl. The van der Waals surface area contributed by atoms with Crippen LogP contribution in [0.1, 0.15) is 29.6 Å². The lowest BCUT2D eigenvalue weighted by Gasteiger charge is -2.27. The zero-order chi connectivity index (χ0) is 15.4. The maximum Gasteiger partial charge on any atom is 0.283 e. The molecule has 122 valence electrons. The van der Waals surface area contributed by atoms with Gasteiger partial charge >= 0.3 is 0 Å². The summed E-state index contributed by atoms with van der Waals surface area (Å²) < 4.78 is 0. The van der Waals surface area contributed by atoms with Gasteiger partial charge in [-0.15, -0.1) is 12.4 Å². The third kappa shape index (κ3) is 4.32. The minimum Gasteiger partial charge on any atom is -0.338 e. The van der Waals surface area contributed by atoms with Crippen LogP contribution in [0.5, 0.6) is 0 Å². The molecule has 6 nitrogen and oxygen atoms in total. The quantitative estimate of drug-likeness (QED) is 0.673. The molecule has 0 aromatic heterocycles. The Morgan fingerprint density at radius 2 is 2.14 bits per heavy atom. The summed E-state index contributed by atoms with van der Waals surface area (Å²) in [5.41, 5.74) is -0.157. The van der Waals surface area contributed by atoms with E-state index in [2.05, 4.69) is 5.32 Å². The van der Waals surface area contributed by atoms with Crippen molar-refractivity contribution >= 4 is 35.6 Å². The highest BCUT2D eigenvalue weighted by Crippen LogP contribution is 2.25. The van der Waals surface area contributed by atoms with Gasteiger partial charge in [0.05, 0.1) is 4.92 Å². The Morgan fingerprint density at radius 3 is 2.82 bits per heavy atom. The molecule has 1 aromatic rings. The summed E-state index contributed by atoms with van der Waals surface area (Å²) in [6.07, 6.45) is 2.74. The lowest BCUT2D eigenvalue weighted by Crippen LogP contribution is -2.37. The lowest BCUT2D eigenvalue weighted by atomic mass is 10.1. The first-order chi connectivity index (χ1) is 10.0. The summed E-state index contributed by atoms with van der Waals surface area (Å²) in [6.45, 7) is 1.80. The van der Waals surface area contributed by atoms with Crippen LogP contribution < -0.4 is 5.32 Å². The highest BCUT2D eigenvalue weighted by Gasteiger charge is 2.27. The van der Waals surface area contributed by atoms with Crippen molar-refractivity contribution in [2.45, 2.75) is 25.3 Å². The molecule has 1 saturated heterocycles. The van der Waals surface area contributed by atoms with Gasteiger partial charge in [-0.25, -0.2) is 0 Å². The zero-order valence-electron chi connectivity index (χ0n) is 12.3. The van der Waals surface area contributed by atoms with Crippen LogP contribution in [0.2, 0.25) is 5.02 Å². The van der Waals surface area contributed by atoms with Crippen molar-refractivity contribution in [3.8, 4) is 0 Å². The Kier molecular flexibility index (Phi) is 7.06. The Morgan fingerprint density at radius 1 is 1.41 bits per heavy atom. The summed E-state index contributed by atoms with van der Waals surface area (Å²) in [6, 6.07) is 4.25. The number of nitro benzene ring substituents is 1. The van der Waals surface area contributed by atoms with Crippen LogP contribution in [0.3, 0.4) is 0 Å². The predicted molar refractivity (Wildman–Crippen MR) is 88.0 cm³/mol. The molecule has 1 N–H and O–H groups in total. The molecule has 1 aromatic carbocycles. The Bertz CT molecular complexity index is 546. The molecular weight excluding hydrogens is 329 g/mol. The first kappa shape index (κ1) is 18.7. The van der Waals surface area contributed by atoms with Gasteiger partial charge in [-0.2, -0.15) is 0 Å². The third-order valence-electron chi connectivity index (χ3n) is 3.80. The number of halogens is 2. The van der Waals surface area contributed by atoms with Crippen molar-refractivity contribution < 1.29 is 9.72 Å². The van der Waals surface area contributed by atoms with Crippen molar-refractivity contribution in [3.05, 3.63) is 38.9 Å². The minimum absolute atomic E-state index is 0. The first-order valence-electron chi connectivity index (χ1n) is 6.92. The Labute approximate surface area is 140 Å². The first-order valence-corrected chi connectivity index (χ1v) is 7.30. The third-order valence-corrected chi connectivity index (χ3v) is 4.04. The van der Waals surface area contributed by atoms with Crippen LogP contribution in [0, 0.1) is 10.1 Å². The highest BCUT2D eigenvalue weighted by atomic mass is 35.5. The van der Waals surface area contributed by atoms with Crippen LogP contribution in [-0.4, -0.2) is 41.9 Å². The van der Waals surface area contributed by atoms with Crippen molar-refractivity contribution in [1.29, 1.82) is 0 Å². The molecule has 1 aliphatic heterocycles. The average Bonchev–Trinajstić information content (AvgIpc) is 2.74. The molecule has 0 saturated carbocycles. The summed E-state index contributed by atoms with van der Waals surface area (Å²) >= 11 is 5.78. The van der Waals surface area contributed by atoms with E-state index >= 15 is 0 Å². The van der Waals surface area contributed by atoms with Crippen molar-refractivity contribution in [1.82, 2.24) is 10.2 Å². The van der Waals surface area contributed by atoms with Gasteiger partial charge in [0.25, 0.3) is 11.6 Å². The van der Waals surface area contributed by atoms with E-state index in [-0.39, 0.29) is 40.6 Å². The Hall–Kier alpha value is -1.37. The molecule has 1 heterocycles. The number of carbonyl (C=O) groups excluding carboxylic acids is 1. The summed E-state index contributed by atoms with van der Waals surface area (Å²) in [5, 5.41) is 14.6. The maximum atomic E-state index is 12.6. The number of nitrogens with one attached hydrogen (secondary N) is 1. The zero-order valence-corrected chi connectivity index (χ0v) is 13.8. The number of benzene rings is 1. The number of nitrogens with zero attached hydrogens (tertiary/aromatic N) is 2. The topological polar surface area (TPSA) is 75.5 Å². The summed E-state index contributed by atoms with van der Waals surface area (Å²) in [7, 11) is 1.71. The van der Waals surface area contributed by atoms with Crippen LogP contribution in [-0.2, 0) is 0 Å². The van der Waals surface area contributed by atoms with Crippen LogP contribution in [0.4, 0.5) is 5.69 Å². The van der Waals surface area contributed by atoms with Gasteiger partial charge in [0, 0.05) is 24.2 Å². The van der Waals surface area contributed by atoms with Crippen molar-refractivity contribution in [2.75, 3.05) is 20.1 Å². The van der Waals surface area contributed by atoms with Crippen LogP contribution in [0.25, 0.3) is 0 Å². The molecule has 1 atom stereocenters. The number of carbonyl (C=O) groups is 1. The van der Waals surface area contributed by atoms with Gasteiger partial charge in [-0.3, -0.25) is 14.9 Å². The number of nitro groups is 1. The van der Waals surface area contributed by atoms with E-state index in [1.807, 2.05) is 0 Å². The molecule has 8 heteroatoms. The second-order valence-corrected chi connectivity index (χ2v) is 5.61. The molecule has 0 aliphatic carbocycles. The number of amides is 1. The predicted octanol–water partition coefficient (Wildman–Crippen LogP) is 2.88. The summed E-state index contributed by atoms with van der Waals surface area (Å²) in [4.78, 5) is 24.7. The number of hydrogen-bond donors (Lipinski definition) is 1. The van der Waals surface area contributed by atoms with Gasteiger partial charge in [-0.1, -0.05) is 11.6 Å². The number of rotatable bonds is 3. The lowest BCUT2D eigenvalue weighted by molar-refractivity contribution is -0.385. The van der Waals surface area contributed by atoms with Crippen LogP contribution in [0.15, 0.2) is 18.2 Å². The van der Waals surface area contributed by atoms with E-state index in [0.717, 1.165) is 32.4 Å². The average molecular weight is 348 g/mol. The van der Waals surface area contributed by atoms with E-state index in [4.69, 9.17) is 11.6 Å². The molecular formula is C14H19Cl2N3O3. The second kappa shape index (κ2) is 8.31. The van der Waals surface area contributed by atoms with E-state index < -0.39 is 4.92 Å². The molecule has 1 amide bonds. The molecule has 22 heavy (non-hydrogen) atoms. The van der Waals surface area contributed by atoms with Gasteiger partial charge in [0.15, 0.2) is 0 Å². The number of hydrogen-bond acceptors (Lipinski definition) is 4. The second-order valence-electron chi connectivity index (χ2n) is 5.17. The maximum absolute atomic E-state index is 12.6. The molecule has 2 rings (SSSR count). The fourth-order valence-corrected chi connectivity index (χ4v) is 2.75. The van der Waals surface area contributed by atoms with Crippen molar-refractivity contribution in [2.24, 2.45) is 0 Å². The van der Waals surface area contributed by atoms with Gasteiger partial charge in [0.2, 0.25) is 0 Å². The van der Waals surface area contributed by atoms with E-state index in [1.54, 1.807) is 11.9 Å². The standard InChI is InChI=1S/C14H18ClN3O3.ClH/c1-17(11-3-2-7-16-8-6-11)14(19)12-5-4-10(15)9-13(12)18(20)21;/h4-5,9,11,16H,2-3,6-8H2,1H3;1H. The van der Waals surface area contributed by atoms with Gasteiger partial charge in [-0.05, 0) is 44.5 Å². The molecule has 1 aliphatic rings. The molecule has 1 fully saturated rings. The fourth-order valence-electron chi connectivity index (χ4n) is 2.58. The Balaban J connectivity index is 0.00000242. The van der Waals surface area contributed by atoms with Crippen molar-refractivity contribution in [3.63, 3.8) is 0 Å². The minimum atomic E-state index is -0.568. The highest BCUT2D eigenvalue weighted by molar-refractivity contribution is 6.31. The smallest absolute Gasteiger partial charge is 0.283 e. The van der Waals surface area contributed by atoms with Crippen LogP contribution >= 0.6 is 24.0 Å². The monoisotopic (exact) mass is 347 g/mol. The molecule has 0 radical (unpaired) electrons. The van der Waals surface area contributed by atoms with E-state index in [1.165, 1.54) is 18.2 Å². The van der Waals surface area contributed by atoms with E-state index in [0.29, 0.717) is 0 Å². The fraction of sp³-hybridized carbons (Fsp3) is 0.500. The van der Waals surface area contributed by atoms with E-state index in [9.17, 15) is 14.9 Å². The van der Waals surface area contributed by atoms with Gasteiger partial charge < -0.3 is 10.2 Å². The molecule has 0 spiro atoms. The molecule has 0 bridgehead atoms. The van der Waals surface area contributed by atoms with Gasteiger partial charge in [0.1, 0.15) is 5.56 Å². The molecule has 1 unspecified atom stereocenters.